The molecule has 9 heteroatoms. The van der Waals surface area contributed by atoms with E-state index < -0.39 is 0 Å². The quantitative estimate of drug-likeness (QED) is 0.438. The van der Waals surface area contributed by atoms with Crippen LogP contribution in [0.5, 0.6) is 0 Å². The van der Waals surface area contributed by atoms with E-state index in [1.54, 1.807) is 6.07 Å². The van der Waals surface area contributed by atoms with Crippen LogP contribution in [0.15, 0.2) is 64.2 Å². The Hall–Kier alpha value is -3.85. The van der Waals surface area contributed by atoms with Gasteiger partial charge in [0.1, 0.15) is 0 Å². The zero-order valence-corrected chi connectivity index (χ0v) is 19.1. The molecule has 5 rings (SSSR count). The highest BCUT2D eigenvalue weighted by molar-refractivity contribution is 5.77. The van der Waals surface area contributed by atoms with Crippen molar-refractivity contribution in [1.82, 2.24) is 29.5 Å². The minimum absolute atomic E-state index is 0.0409. The predicted octanol–water partition coefficient (Wildman–Crippen LogP) is 2.49. The molecule has 0 bridgehead atoms. The third-order valence-electron chi connectivity index (χ3n) is 6.16. The zero-order valence-electron chi connectivity index (χ0n) is 19.1. The maximum Gasteiger partial charge on any atom is 0.261 e. The van der Waals surface area contributed by atoms with Crippen molar-refractivity contribution >= 4 is 16.8 Å². The van der Waals surface area contributed by atoms with Crippen LogP contribution in [0, 0.1) is 6.92 Å². The average Bonchev–Trinajstić information content (AvgIpc) is 3.33. The Kier molecular flexibility index (Phi) is 6.18. The number of aryl methyl sites for hydroxylation is 2. The van der Waals surface area contributed by atoms with Crippen molar-refractivity contribution in [3.8, 4) is 11.4 Å². The molecule has 0 N–H and O–H groups in total. The van der Waals surface area contributed by atoms with Gasteiger partial charge < -0.3 is 9.42 Å². The lowest BCUT2D eigenvalue weighted by Gasteiger charge is -2.34. The van der Waals surface area contributed by atoms with E-state index in [0.717, 1.165) is 18.7 Å². The molecule has 4 aromatic rings. The van der Waals surface area contributed by atoms with E-state index in [1.165, 1.54) is 16.5 Å². The van der Waals surface area contributed by atoms with Crippen molar-refractivity contribution in [2.75, 3.05) is 26.2 Å². The second-order valence-corrected chi connectivity index (χ2v) is 8.54. The van der Waals surface area contributed by atoms with Crippen LogP contribution in [0.1, 0.15) is 17.9 Å². The second kappa shape index (κ2) is 9.56. The molecule has 0 aliphatic carbocycles. The van der Waals surface area contributed by atoms with Gasteiger partial charge in [-0.2, -0.15) is 4.98 Å². The molecule has 0 radical (unpaired) electrons. The standard InChI is InChI=1S/C25H26N6O3/c1-18-6-8-19(9-7-18)24-27-22(34-28-24)16-29-12-14-30(15-13-29)23(32)10-11-31-17-26-21-5-3-2-4-20(21)25(31)33/h2-9,17H,10-16H2,1H3. The third kappa shape index (κ3) is 4.74. The largest absolute Gasteiger partial charge is 0.340 e. The molecule has 1 amide bonds. The molecule has 2 aromatic carbocycles. The summed E-state index contributed by atoms with van der Waals surface area (Å²) in [6, 6.07) is 15.2. The summed E-state index contributed by atoms with van der Waals surface area (Å²) in [5.74, 6) is 1.19. The van der Waals surface area contributed by atoms with E-state index in [0.29, 0.717) is 48.8 Å². The van der Waals surface area contributed by atoms with Crippen molar-refractivity contribution in [3.63, 3.8) is 0 Å². The second-order valence-electron chi connectivity index (χ2n) is 8.54. The van der Waals surface area contributed by atoms with Crippen molar-refractivity contribution in [2.45, 2.75) is 26.4 Å². The first kappa shape index (κ1) is 22.0. The Morgan fingerprint density at radius 2 is 1.79 bits per heavy atom. The Morgan fingerprint density at radius 3 is 2.59 bits per heavy atom. The Labute approximate surface area is 196 Å². The molecule has 174 valence electrons. The van der Waals surface area contributed by atoms with Crippen LogP contribution < -0.4 is 5.56 Å². The van der Waals surface area contributed by atoms with Gasteiger partial charge >= 0.3 is 0 Å². The molecule has 3 heterocycles. The maximum absolute atomic E-state index is 12.7. The summed E-state index contributed by atoms with van der Waals surface area (Å²) < 4.78 is 6.95. The minimum Gasteiger partial charge on any atom is -0.340 e. The number of hydrogen-bond donors (Lipinski definition) is 0. The number of amides is 1. The van der Waals surface area contributed by atoms with Crippen LogP contribution in [0.3, 0.4) is 0 Å². The highest BCUT2D eigenvalue weighted by atomic mass is 16.5. The number of hydrogen-bond acceptors (Lipinski definition) is 7. The highest BCUT2D eigenvalue weighted by Gasteiger charge is 2.22. The molecule has 2 aromatic heterocycles. The fraction of sp³-hybridized carbons (Fsp3) is 0.320. The van der Waals surface area contributed by atoms with Crippen LogP contribution in [-0.2, 0) is 17.9 Å². The lowest BCUT2D eigenvalue weighted by atomic mass is 10.1. The summed E-state index contributed by atoms with van der Waals surface area (Å²) in [7, 11) is 0. The number of carbonyl (C=O) groups excluding carboxylic acids is 1. The number of nitrogens with zero attached hydrogens (tertiary/aromatic N) is 6. The molecule has 0 unspecified atom stereocenters. The molecular formula is C25H26N6O3. The zero-order chi connectivity index (χ0) is 23.5. The fourth-order valence-electron chi connectivity index (χ4n) is 4.13. The van der Waals surface area contributed by atoms with E-state index in [4.69, 9.17) is 4.52 Å². The summed E-state index contributed by atoms with van der Waals surface area (Å²) >= 11 is 0. The molecule has 0 saturated carbocycles. The maximum atomic E-state index is 12.7. The van der Waals surface area contributed by atoms with Gasteiger partial charge in [-0.3, -0.25) is 19.1 Å². The highest BCUT2D eigenvalue weighted by Crippen LogP contribution is 2.17. The Bertz CT molecular complexity index is 1350. The number of carbonyl (C=O) groups is 1. The van der Waals surface area contributed by atoms with Crippen LogP contribution >= 0.6 is 0 Å². The normalized spacial score (nSPS) is 14.6. The van der Waals surface area contributed by atoms with E-state index in [9.17, 15) is 9.59 Å². The number of piperazine rings is 1. The van der Waals surface area contributed by atoms with Crippen molar-refractivity contribution in [1.29, 1.82) is 0 Å². The van der Waals surface area contributed by atoms with Crippen LogP contribution in [0.25, 0.3) is 22.3 Å². The van der Waals surface area contributed by atoms with Gasteiger partial charge in [0.05, 0.1) is 23.8 Å². The Balaban J connectivity index is 1.12. The molecule has 0 atom stereocenters. The summed E-state index contributed by atoms with van der Waals surface area (Å²) in [5, 5.41) is 4.66. The molecular weight excluding hydrogens is 432 g/mol. The molecule has 1 saturated heterocycles. The summed E-state index contributed by atoms with van der Waals surface area (Å²) in [4.78, 5) is 38.2. The number of aromatic nitrogens is 4. The van der Waals surface area contributed by atoms with Gasteiger partial charge in [-0.25, -0.2) is 4.98 Å². The smallest absolute Gasteiger partial charge is 0.261 e. The Morgan fingerprint density at radius 1 is 1.03 bits per heavy atom. The average molecular weight is 459 g/mol. The minimum atomic E-state index is -0.118. The molecule has 0 spiro atoms. The van der Waals surface area contributed by atoms with Gasteiger partial charge in [-0.15, -0.1) is 0 Å². The monoisotopic (exact) mass is 458 g/mol. The first-order chi connectivity index (χ1) is 16.6. The number of para-hydroxylation sites is 1. The van der Waals surface area contributed by atoms with E-state index in [-0.39, 0.29) is 17.9 Å². The number of benzene rings is 2. The number of fused-ring (bicyclic) bond motifs is 1. The molecule has 34 heavy (non-hydrogen) atoms. The summed E-state index contributed by atoms with van der Waals surface area (Å²) in [6.07, 6.45) is 1.79. The van der Waals surface area contributed by atoms with Crippen molar-refractivity contribution < 1.29 is 9.32 Å². The topological polar surface area (TPSA) is 97.4 Å². The fourth-order valence-corrected chi connectivity index (χ4v) is 4.13. The van der Waals surface area contributed by atoms with Crippen LogP contribution in [0.4, 0.5) is 0 Å². The van der Waals surface area contributed by atoms with Gasteiger partial charge in [0.2, 0.25) is 17.6 Å². The first-order valence-corrected chi connectivity index (χ1v) is 11.4. The summed E-state index contributed by atoms with van der Waals surface area (Å²) in [5.41, 5.74) is 2.66. The molecule has 9 nitrogen and oxygen atoms in total. The first-order valence-electron chi connectivity index (χ1n) is 11.4. The molecule has 1 aliphatic rings. The molecule has 1 fully saturated rings. The summed E-state index contributed by atoms with van der Waals surface area (Å²) in [6.45, 7) is 5.62. The van der Waals surface area contributed by atoms with Gasteiger partial charge in [-0.05, 0) is 19.1 Å². The number of rotatable bonds is 6. The van der Waals surface area contributed by atoms with Gasteiger partial charge in [0.15, 0.2) is 0 Å². The van der Waals surface area contributed by atoms with E-state index >= 15 is 0 Å². The van der Waals surface area contributed by atoms with E-state index in [2.05, 4.69) is 20.0 Å². The van der Waals surface area contributed by atoms with Crippen LogP contribution in [-0.4, -0.2) is 61.6 Å². The molecule has 1 aliphatic heterocycles. The lowest BCUT2D eigenvalue weighted by molar-refractivity contribution is -0.133. The van der Waals surface area contributed by atoms with Gasteiger partial charge in [0, 0.05) is 44.7 Å². The lowest BCUT2D eigenvalue weighted by Crippen LogP contribution is -2.48. The van der Waals surface area contributed by atoms with Gasteiger partial charge in [0.25, 0.3) is 5.56 Å². The third-order valence-corrected chi connectivity index (χ3v) is 6.16. The van der Waals surface area contributed by atoms with Gasteiger partial charge in [-0.1, -0.05) is 47.1 Å². The van der Waals surface area contributed by atoms with Crippen molar-refractivity contribution in [3.05, 3.63) is 76.7 Å². The van der Waals surface area contributed by atoms with Crippen molar-refractivity contribution in [2.24, 2.45) is 0 Å². The predicted molar refractivity (Wildman–Crippen MR) is 127 cm³/mol. The van der Waals surface area contributed by atoms with E-state index in [1.807, 2.05) is 54.3 Å². The van der Waals surface area contributed by atoms with Crippen LogP contribution in [0.2, 0.25) is 0 Å². The SMILES string of the molecule is Cc1ccc(-c2noc(CN3CCN(C(=O)CCn4cnc5ccccc5c4=O)CC3)n2)cc1.